The molecule has 2 aliphatic rings. The van der Waals surface area contributed by atoms with Crippen LogP contribution in [0.4, 0.5) is 10.5 Å². The van der Waals surface area contributed by atoms with E-state index in [0.29, 0.717) is 11.7 Å². The van der Waals surface area contributed by atoms with Gasteiger partial charge in [0.15, 0.2) is 5.11 Å². The molecular weight excluding hydrogens is 300 g/mol. The summed E-state index contributed by atoms with van der Waals surface area (Å²) >= 11 is 5.46. The van der Waals surface area contributed by atoms with Gasteiger partial charge < -0.3 is 15.0 Å². The maximum absolute atomic E-state index is 11.8. The lowest BCUT2D eigenvalue weighted by Gasteiger charge is -2.38. The number of amides is 1. The SMILES string of the molecule is CC1COC(=O)N1C1CCN(C(=S)Nc2cccnc2)CC1. The van der Waals surface area contributed by atoms with Crippen molar-refractivity contribution in [3.8, 4) is 0 Å². The number of aromatic nitrogens is 1. The highest BCUT2D eigenvalue weighted by molar-refractivity contribution is 7.80. The number of hydrogen-bond donors (Lipinski definition) is 1. The average Bonchev–Trinajstić information content (AvgIpc) is 2.87. The third-order valence-electron chi connectivity index (χ3n) is 4.19. The Kier molecular flexibility index (Phi) is 4.42. The van der Waals surface area contributed by atoms with Crippen molar-refractivity contribution >= 4 is 29.1 Å². The van der Waals surface area contributed by atoms with E-state index in [1.807, 2.05) is 24.0 Å². The number of nitrogens with one attached hydrogen (secondary N) is 1. The number of rotatable bonds is 2. The fourth-order valence-electron chi connectivity index (χ4n) is 3.02. The summed E-state index contributed by atoms with van der Waals surface area (Å²) < 4.78 is 5.11. The van der Waals surface area contributed by atoms with Crippen molar-refractivity contribution in [3.63, 3.8) is 0 Å². The van der Waals surface area contributed by atoms with Gasteiger partial charge in [0.2, 0.25) is 0 Å². The number of hydrogen-bond acceptors (Lipinski definition) is 4. The lowest BCUT2D eigenvalue weighted by molar-refractivity contribution is 0.125. The van der Waals surface area contributed by atoms with Crippen molar-refractivity contribution in [2.45, 2.75) is 31.8 Å². The Bertz CT molecular complexity index is 546. The first-order valence-corrected chi connectivity index (χ1v) is 7.97. The van der Waals surface area contributed by atoms with Crippen LogP contribution in [0.2, 0.25) is 0 Å². The topological polar surface area (TPSA) is 57.7 Å². The van der Waals surface area contributed by atoms with E-state index in [9.17, 15) is 4.79 Å². The van der Waals surface area contributed by atoms with E-state index in [4.69, 9.17) is 17.0 Å². The molecule has 0 bridgehead atoms. The summed E-state index contributed by atoms with van der Waals surface area (Å²) in [4.78, 5) is 19.9. The molecule has 0 aliphatic carbocycles. The number of thiocarbonyl (C=S) groups is 1. The normalized spacial score (nSPS) is 22.6. The van der Waals surface area contributed by atoms with Crippen LogP contribution in [0.3, 0.4) is 0 Å². The van der Waals surface area contributed by atoms with Gasteiger partial charge in [-0.15, -0.1) is 0 Å². The van der Waals surface area contributed by atoms with E-state index in [-0.39, 0.29) is 18.2 Å². The molecule has 1 N–H and O–H groups in total. The molecular formula is C15H20N4O2S. The number of cyclic esters (lactones) is 1. The zero-order chi connectivity index (χ0) is 15.5. The van der Waals surface area contributed by atoms with Crippen LogP contribution in [0.5, 0.6) is 0 Å². The minimum absolute atomic E-state index is 0.171. The number of ether oxygens (including phenoxy) is 1. The van der Waals surface area contributed by atoms with Crippen LogP contribution in [0, 0.1) is 0 Å². The summed E-state index contributed by atoms with van der Waals surface area (Å²) in [6.45, 7) is 4.21. The molecule has 0 aromatic carbocycles. The molecule has 7 heteroatoms. The van der Waals surface area contributed by atoms with Crippen LogP contribution in [0.25, 0.3) is 0 Å². The highest BCUT2D eigenvalue weighted by Crippen LogP contribution is 2.24. The second-order valence-corrected chi connectivity index (χ2v) is 6.11. The van der Waals surface area contributed by atoms with Crippen LogP contribution in [-0.4, -0.2) is 57.8 Å². The molecule has 1 aromatic rings. The van der Waals surface area contributed by atoms with Gasteiger partial charge in [-0.05, 0) is 44.1 Å². The lowest BCUT2D eigenvalue weighted by Crippen LogP contribution is -2.49. The van der Waals surface area contributed by atoms with Crippen LogP contribution < -0.4 is 5.32 Å². The second-order valence-electron chi connectivity index (χ2n) is 5.72. The molecule has 2 aliphatic heterocycles. The minimum Gasteiger partial charge on any atom is -0.447 e. The number of nitrogens with zero attached hydrogens (tertiary/aromatic N) is 3. The van der Waals surface area contributed by atoms with E-state index < -0.39 is 0 Å². The second kappa shape index (κ2) is 6.48. The zero-order valence-corrected chi connectivity index (χ0v) is 13.4. The summed E-state index contributed by atoms with van der Waals surface area (Å²) in [6.07, 6.45) is 5.13. The van der Waals surface area contributed by atoms with Gasteiger partial charge in [0.05, 0.1) is 17.9 Å². The highest BCUT2D eigenvalue weighted by atomic mass is 32.1. The molecule has 0 radical (unpaired) electrons. The standard InChI is InChI=1S/C15H20N4O2S/c1-11-10-21-15(20)19(11)13-4-7-18(8-5-13)14(22)17-12-3-2-6-16-9-12/h2-3,6,9,11,13H,4-5,7-8,10H2,1H3,(H,17,22). The lowest BCUT2D eigenvalue weighted by atomic mass is 10.0. The Hall–Kier alpha value is -1.89. The largest absolute Gasteiger partial charge is 0.447 e. The molecule has 118 valence electrons. The quantitative estimate of drug-likeness (QED) is 0.842. The highest BCUT2D eigenvalue weighted by Gasteiger charge is 2.37. The predicted octanol–water partition coefficient (Wildman–Crippen LogP) is 2.08. The van der Waals surface area contributed by atoms with E-state index >= 15 is 0 Å². The van der Waals surface area contributed by atoms with Gasteiger partial charge >= 0.3 is 6.09 Å². The zero-order valence-electron chi connectivity index (χ0n) is 12.6. The molecule has 1 atom stereocenters. The summed E-state index contributed by atoms with van der Waals surface area (Å²) in [5, 5.41) is 3.91. The minimum atomic E-state index is -0.179. The third kappa shape index (κ3) is 3.14. The van der Waals surface area contributed by atoms with Gasteiger partial charge in [0.25, 0.3) is 0 Å². The van der Waals surface area contributed by atoms with Gasteiger partial charge in [0, 0.05) is 25.3 Å². The molecule has 3 rings (SSSR count). The van der Waals surface area contributed by atoms with Crippen molar-refractivity contribution in [1.82, 2.24) is 14.8 Å². The predicted molar refractivity (Wildman–Crippen MR) is 87.7 cm³/mol. The van der Waals surface area contributed by atoms with Crippen LogP contribution >= 0.6 is 12.2 Å². The average molecular weight is 320 g/mol. The molecule has 1 aromatic heterocycles. The van der Waals surface area contributed by atoms with Crippen LogP contribution in [-0.2, 0) is 4.74 Å². The molecule has 1 amide bonds. The number of carbonyl (C=O) groups is 1. The molecule has 0 spiro atoms. The smallest absolute Gasteiger partial charge is 0.410 e. The van der Waals surface area contributed by atoms with Crippen LogP contribution in [0.1, 0.15) is 19.8 Å². The maximum atomic E-state index is 11.8. The molecule has 2 saturated heterocycles. The van der Waals surface area contributed by atoms with Crippen LogP contribution in [0.15, 0.2) is 24.5 Å². The monoisotopic (exact) mass is 320 g/mol. The number of anilines is 1. The summed E-state index contributed by atoms with van der Waals surface area (Å²) in [5.74, 6) is 0. The molecule has 6 nitrogen and oxygen atoms in total. The van der Waals surface area contributed by atoms with E-state index in [2.05, 4.69) is 15.2 Å². The number of pyridine rings is 1. The summed E-state index contributed by atoms with van der Waals surface area (Å²) in [6, 6.07) is 4.23. The number of carbonyl (C=O) groups excluding carboxylic acids is 1. The van der Waals surface area contributed by atoms with E-state index in [0.717, 1.165) is 31.6 Å². The van der Waals surface area contributed by atoms with Gasteiger partial charge in [-0.2, -0.15) is 0 Å². The van der Waals surface area contributed by atoms with Crippen molar-refractivity contribution < 1.29 is 9.53 Å². The first-order valence-electron chi connectivity index (χ1n) is 7.56. The van der Waals surface area contributed by atoms with Crippen molar-refractivity contribution in [2.24, 2.45) is 0 Å². The van der Waals surface area contributed by atoms with Crippen molar-refractivity contribution in [2.75, 3.05) is 25.0 Å². The Balaban J connectivity index is 1.53. The number of piperidine rings is 1. The first kappa shape index (κ1) is 15.0. The maximum Gasteiger partial charge on any atom is 0.410 e. The third-order valence-corrected chi connectivity index (χ3v) is 4.55. The Morgan fingerprint density at radius 2 is 2.23 bits per heavy atom. The van der Waals surface area contributed by atoms with Gasteiger partial charge in [-0.1, -0.05) is 0 Å². The first-order chi connectivity index (χ1) is 10.6. The summed E-state index contributed by atoms with van der Waals surface area (Å²) in [7, 11) is 0. The molecule has 22 heavy (non-hydrogen) atoms. The molecule has 0 saturated carbocycles. The summed E-state index contributed by atoms with van der Waals surface area (Å²) in [5.41, 5.74) is 0.895. The Morgan fingerprint density at radius 1 is 1.45 bits per heavy atom. The van der Waals surface area contributed by atoms with Gasteiger partial charge in [-0.3, -0.25) is 9.88 Å². The van der Waals surface area contributed by atoms with E-state index in [1.165, 1.54) is 0 Å². The van der Waals surface area contributed by atoms with Crippen molar-refractivity contribution in [3.05, 3.63) is 24.5 Å². The fourth-order valence-corrected chi connectivity index (χ4v) is 3.32. The number of likely N-dealkylation sites (tertiary alicyclic amines) is 1. The van der Waals surface area contributed by atoms with E-state index in [1.54, 1.807) is 12.4 Å². The van der Waals surface area contributed by atoms with Gasteiger partial charge in [-0.25, -0.2) is 4.79 Å². The molecule has 1 unspecified atom stereocenters. The Labute approximate surface area is 135 Å². The van der Waals surface area contributed by atoms with Crippen molar-refractivity contribution in [1.29, 1.82) is 0 Å². The van der Waals surface area contributed by atoms with Gasteiger partial charge in [0.1, 0.15) is 6.61 Å². The molecule has 2 fully saturated rings. The fraction of sp³-hybridized carbons (Fsp3) is 0.533. The molecule has 3 heterocycles. The Morgan fingerprint density at radius 3 is 2.82 bits per heavy atom.